The Morgan fingerprint density at radius 3 is 2.62 bits per heavy atom. The molecule has 2 aromatic heterocycles. The van der Waals surface area contributed by atoms with E-state index in [1.807, 2.05) is 31.2 Å². The van der Waals surface area contributed by atoms with Crippen LogP contribution in [-0.4, -0.2) is 45.1 Å². The van der Waals surface area contributed by atoms with E-state index in [1.165, 1.54) is 18.2 Å². The Hall–Kier alpha value is -4.34. The van der Waals surface area contributed by atoms with Crippen molar-refractivity contribution < 1.29 is 23.1 Å². The summed E-state index contributed by atoms with van der Waals surface area (Å²) in [5.74, 6) is -1.12. The summed E-state index contributed by atoms with van der Waals surface area (Å²) in [6.07, 6.45) is 0.0134. The largest absolute Gasteiger partial charge is 0.464 e. The second-order valence-corrected chi connectivity index (χ2v) is 7.56. The van der Waals surface area contributed by atoms with Crippen LogP contribution >= 0.6 is 0 Å². The topological polar surface area (TPSA) is 123 Å². The van der Waals surface area contributed by atoms with Crippen molar-refractivity contribution in [1.29, 1.82) is 0 Å². The number of H-pyrrole nitrogens is 1. The molecule has 4 rings (SSSR count). The SMILES string of the molecule is CCOC(=O)C(Cc1ccc(-c2nn[nH]n2)c(F)c1)NC(=O)c1ccc(-c2ccc(C)cc2)o1. The van der Waals surface area contributed by atoms with Gasteiger partial charge in [0.2, 0.25) is 5.82 Å². The third-order valence-corrected chi connectivity index (χ3v) is 5.10. The Labute approximate surface area is 194 Å². The van der Waals surface area contributed by atoms with E-state index < -0.39 is 23.7 Å². The van der Waals surface area contributed by atoms with Crippen molar-refractivity contribution in [3.63, 3.8) is 0 Å². The molecule has 0 aliphatic carbocycles. The predicted molar refractivity (Wildman–Crippen MR) is 120 cm³/mol. The van der Waals surface area contributed by atoms with Crippen LogP contribution in [0.3, 0.4) is 0 Å². The minimum atomic E-state index is -1.05. The van der Waals surface area contributed by atoms with Gasteiger partial charge in [-0.1, -0.05) is 35.9 Å². The number of tetrazole rings is 1. The number of carbonyl (C=O) groups excluding carboxylic acids is 2. The minimum absolute atomic E-state index is 0.0134. The molecule has 0 spiro atoms. The lowest BCUT2D eigenvalue weighted by molar-refractivity contribution is -0.145. The van der Waals surface area contributed by atoms with Gasteiger partial charge >= 0.3 is 5.97 Å². The van der Waals surface area contributed by atoms with Crippen molar-refractivity contribution in [2.45, 2.75) is 26.3 Å². The van der Waals surface area contributed by atoms with E-state index in [1.54, 1.807) is 19.1 Å². The standard InChI is InChI=1S/C24H22FN5O4/c1-3-33-24(32)19(13-15-6-9-17(18(25)12-15)22-27-29-30-28-22)26-23(31)21-11-10-20(34-21)16-7-4-14(2)5-8-16/h4-12,19H,3,13H2,1-2H3,(H,26,31)(H,27,28,29,30). The van der Waals surface area contributed by atoms with Crippen molar-refractivity contribution in [1.82, 2.24) is 25.9 Å². The molecule has 10 heteroatoms. The molecule has 174 valence electrons. The zero-order valence-electron chi connectivity index (χ0n) is 18.5. The highest BCUT2D eigenvalue weighted by Gasteiger charge is 2.25. The molecular formula is C24H22FN5O4. The number of amides is 1. The molecule has 1 atom stereocenters. The van der Waals surface area contributed by atoms with E-state index in [0.717, 1.165) is 11.1 Å². The number of carbonyl (C=O) groups is 2. The van der Waals surface area contributed by atoms with Gasteiger partial charge in [-0.2, -0.15) is 5.21 Å². The van der Waals surface area contributed by atoms with Gasteiger partial charge in [-0.25, -0.2) is 9.18 Å². The number of rotatable bonds is 8. The first-order valence-electron chi connectivity index (χ1n) is 10.6. The number of nitrogens with one attached hydrogen (secondary N) is 2. The van der Waals surface area contributed by atoms with Crippen LogP contribution in [0.5, 0.6) is 0 Å². The molecule has 0 aliphatic rings. The van der Waals surface area contributed by atoms with Crippen molar-refractivity contribution in [3.8, 4) is 22.7 Å². The predicted octanol–water partition coefficient (Wildman–Crippen LogP) is 3.48. The van der Waals surface area contributed by atoms with E-state index in [0.29, 0.717) is 11.3 Å². The number of hydrogen-bond acceptors (Lipinski definition) is 7. The van der Waals surface area contributed by atoms with Gasteiger partial charge in [0.1, 0.15) is 17.6 Å². The van der Waals surface area contributed by atoms with Crippen LogP contribution in [-0.2, 0) is 16.0 Å². The Morgan fingerprint density at radius 1 is 1.15 bits per heavy atom. The Kier molecular flexibility index (Phi) is 6.77. The zero-order valence-corrected chi connectivity index (χ0v) is 18.5. The number of nitrogens with zero attached hydrogens (tertiary/aromatic N) is 3. The van der Waals surface area contributed by atoms with Gasteiger partial charge in [0.15, 0.2) is 5.76 Å². The number of ether oxygens (including phenoxy) is 1. The van der Waals surface area contributed by atoms with Gasteiger partial charge in [0.25, 0.3) is 5.91 Å². The summed E-state index contributed by atoms with van der Waals surface area (Å²) >= 11 is 0. The molecule has 0 saturated heterocycles. The molecule has 1 amide bonds. The van der Waals surface area contributed by atoms with Gasteiger partial charge < -0.3 is 14.5 Å². The lowest BCUT2D eigenvalue weighted by Gasteiger charge is -2.17. The fourth-order valence-corrected chi connectivity index (χ4v) is 3.38. The number of aromatic amines is 1. The quantitative estimate of drug-likeness (QED) is 0.384. The normalized spacial score (nSPS) is 11.7. The molecule has 9 nitrogen and oxygen atoms in total. The van der Waals surface area contributed by atoms with Crippen LogP contribution < -0.4 is 5.32 Å². The minimum Gasteiger partial charge on any atom is -0.464 e. The first-order chi connectivity index (χ1) is 16.4. The second-order valence-electron chi connectivity index (χ2n) is 7.56. The summed E-state index contributed by atoms with van der Waals surface area (Å²) in [6, 6.07) is 14.2. The molecular weight excluding hydrogens is 441 g/mol. The molecule has 0 aliphatic heterocycles. The fourth-order valence-electron chi connectivity index (χ4n) is 3.38. The van der Waals surface area contributed by atoms with Crippen LogP contribution in [0.25, 0.3) is 22.7 Å². The molecule has 0 saturated carbocycles. The molecule has 0 radical (unpaired) electrons. The van der Waals surface area contributed by atoms with Gasteiger partial charge in [-0.05, 0) is 48.9 Å². The van der Waals surface area contributed by atoms with E-state index in [2.05, 4.69) is 25.9 Å². The average Bonchev–Trinajstić information content (AvgIpc) is 3.52. The average molecular weight is 463 g/mol. The summed E-state index contributed by atoms with van der Waals surface area (Å²) in [6.45, 7) is 3.77. The number of esters is 1. The molecule has 2 aromatic carbocycles. The summed E-state index contributed by atoms with van der Waals surface area (Å²) in [5, 5.41) is 15.8. The van der Waals surface area contributed by atoms with Gasteiger partial charge in [-0.3, -0.25) is 4.79 Å². The number of aryl methyl sites for hydroxylation is 1. The van der Waals surface area contributed by atoms with Crippen LogP contribution in [0.15, 0.2) is 59.0 Å². The van der Waals surface area contributed by atoms with E-state index in [9.17, 15) is 14.0 Å². The summed E-state index contributed by atoms with van der Waals surface area (Å²) < 4.78 is 25.4. The van der Waals surface area contributed by atoms with Crippen molar-refractivity contribution in [3.05, 3.63) is 77.3 Å². The molecule has 2 heterocycles. The fraction of sp³-hybridized carbons (Fsp3) is 0.208. The van der Waals surface area contributed by atoms with Gasteiger partial charge in [-0.15, -0.1) is 10.2 Å². The molecule has 1 unspecified atom stereocenters. The third-order valence-electron chi connectivity index (χ3n) is 5.10. The number of furan rings is 1. The number of benzene rings is 2. The highest BCUT2D eigenvalue weighted by Crippen LogP contribution is 2.23. The number of hydrogen-bond donors (Lipinski definition) is 2. The maximum atomic E-state index is 14.6. The third kappa shape index (κ3) is 5.17. The van der Waals surface area contributed by atoms with Crippen LogP contribution in [0.2, 0.25) is 0 Å². The van der Waals surface area contributed by atoms with Crippen LogP contribution in [0, 0.1) is 12.7 Å². The lowest BCUT2D eigenvalue weighted by atomic mass is 10.0. The maximum Gasteiger partial charge on any atom is 0.328 e. The van der Waals surface area contributed by atoms with Crippen molar-refractivity contribution in [2.24, 2.45) is 0 Å². The number of halogens is 1. The van der Waals surface area contributed by atoms with Crippen molar-refractivity contribution in [2.75, 3.05) is 6.61 Å². The van der Waals surface area contributed by atoms with Crippen molar-refractivity contribution >= 4 is 11.9 Å². The van der Waals surface area contributed by atoms with E-state index in [4.69, 9.17) is 9.15 Å². The first kappa shape index (κ1) is 22.8. The zero-order chi connectivity index (χ0) is 24.1. The molecule has 0 bridgehead atoms. The summed E-state index contributed by atoms with van der Waals surface area (Å²) in [5.41, 5.74) is 2.56. The Bertz CT molecular complexity index is 1290. The first-order valence-corrected chi connectivity index (χ1v) is 10.6. The highest BCUT2D eigenvalue weighted by molar-refractivity contribution is 5.95. The summed E-state index contributed by atoms with van der Waals surface area (Å²) in [4.78, 5) is 25.3. The molecule has 2 N–H and O–H groups in total. The lowest BCUT2D eigenvalue weighted by Crippen LogP contribution is -2.43. The Morgan fingerprint density at radius 2 is 1.94 bits per heavy atom. The van der Waals surface area contributed by atoms with Gasteiger partial charge in [0.05, 0.1) is 12.2 Å². The number of aromatic nitrogens is 4. The van der Waals surface area contributed by atoms with Crippen LogP contribution in [0.4, 0.5) is 4.39 Å². The Balaban J connectivity index is 1.50. The summed E-state index contributed by atoms with van der Waals surface area (Å²) in [7, 11) is 0. The molecule has 4 aromatic rings. The monoisotopic (exact) mass is 463 g/mol. The van der Waals surface area contributed by atoms with Gasteiger partial charge in [0, 0.05) is 12.0 Å². The van der Waals surface area contributed by atoms with E-state index >= 15 is 0 Å². The van der Waals surface area contributed by atoms with Crippen LogP contribution in [0.1, 0.15) is 28.6 Å². The molecule has 0 fully saturated rings. The second kappa shape index (κ2) is 10.1. The molecule has 34 heavy (non-hydrogen) atoms. The van der Waals surface area contributed by atoms with E-state index in [-0.39, 0.29) is 30.2 Å². The highest BCUT2D eigenvalue weighted by atomic mass is 19.1. The smallest absolute Gasteiger partial charge is 0.328 e. The maximum absolute atomic E-state index is 14.6.